The van der Waals surface area contributed by atoms with Crippen LogP contribution in [0.5, 0.6) is 0 Å². The summed E-state index contributed by atoms with van der Waals surface area (Å²) >= 11 is 0. The molecular formula is C17H27NO2. The average Bonchev–Trinajstić information content (AvgIpc) is 3.05. The number of hydrogen-bond donors (Lipinski definition) is 0. The van der Waals surface area contributed by atoms with Crippen molar-refractivity contribution in [2.45, 2.75) is 64.0 Å². The zero-order chi connectivity index (χ0) is 13.8. The fourth-order valence-corrected chi connectivity index (χ4v) is 3.57. The Hall–Kier alpha value is -0.800. The Morgan fingerprint density at radius 2 is 2.10 bits per heavy atom. The first-order valence-corrected chi connectivity index (χ1v) is 8.25. The minimum absolute atomic E-state index is 0.479. The normalized spacial score (nSPS) is 28.6. The van der Waals surface area contributed by atoms with Gasteiger partial charge in [-0.1, -0.05) is 12.8 Å². The number of nitrogens with zero attached hydrogens (tertiary/aromatic N) is 1. The number of rotatable bonds is 4. The lowest BCUT2D eigenvalue weighted by atomic mass is 10.1. The van der Waals surface area contributed by atoms with E-state index in [4.69, 9.17) is 9.15 Å². The first kappa shape index (κ1) is 14.2. The molecule has 0 unspecified atom stereocenters. The van der Waals surface area contributed by atoms with Crippen molar-refractivity contribution in [2.75, 3.05) is 19.7 Å². The van der Waals surface area contributed by atoms with E-state index in [0.717, 1.165) is 24.7 Å². The summed E-state index contributed by atoms with van der Waals surface area (Å²) in [5.41, 5.74) is 0. The predicted octanol–water partition coefficient (Wildman–Crippen LogP) is 4.07. The topological polar surface area (TPSA) is 25.6 Å². The third kappa shape index (κ3) is 3.44. The third-order valence-corrected chi connectivity index (χ3v) is 4.72. The molecule has 1 aromatic heterocycles. The highest BCUT2D eigenvalue weighted by Gasteiger charge is 2.26. The Morgan fingerprint density at radius 3 is 2.85 bits per heavy atom. The molecule has 0 radical (unpaired) electrons. The lowest BCUT2D eigenvalue weighted by Gasteiger charge is -2.29. The van der Waals surface area contributed by atoms with Gasteiger partial charge in [0.15, 0.2) is 0 Å². The Bertz CT molecular complexity index is 409. The van der Waals surface area contributed by atoms with Crippen LogP contribution < -0.4 is 0 Å². The van der Waals surface area contributed by atoms with Gasteiger partial charge >= 0.3 is 0 Å². The van der Waals surface area contributed by atoms with Gasteiger partial charge in [0.1, 0.15) is 11.5 Å². The smallest absolute Gasteiger partial charge is 0.121 e. The van der Waals surface area contributed by atoms with Crippen LogP contribution in [-0.2, 0) is 4.74 Å². The summed E-state index contributed by atoms with van der Waals surface area (Å²) in [4.78, 5) is 2.63. The third-order valence-electron chi connectivity index (χ3n) is 4.72. The molecule has 3 nitrogen and oxygen atoms in total. The van der Waals surface area contributed by atoms with Gasteiger partial charge in [-0.05, 0) is 57.7 Å². The largest absolute Gasteiger partial charge is 0.465 e. The highest BCUT2D eigenvalue weighted by Crippen LogP contribution is 2.31. The molecule has 0 amide bonds. The van der Waals surface area contributed by atoms with Gasteiger partial charge in [0, 0.05) is 13.2 Å². The van der Waals surface area contributed by atoms with Gasteiger partial charge < -0.3 is 9.15 Å². The molecule has 0 aliphatic carbocycles. The van der Waals surface area contributed by atoms with Crippen LogP contribution in [-0.4, -0.2) is 30.7 Å². The zero-order valence-electron chi connectivity index (χ0n) is 12.6. The number of furan rings is 1. The molecule has 2 atom stereocenters. The van der Waals surface area contributed by atoms with Crippen LogP contribution in [0.3, 0.4) is 0 Å². The van der Waals surface area contributed by atoms with Gasteiger partial charge in [-0.2, -0.15) is 0 Å². The Kier molecular flexibility index (Phi) is 4.79. The molecule has 112 valence electrons. The van der Waals surface area contributed by atoms with Gasteiger partial charge in [0.25, 0.3) is 0 Å². The van der Waals surface area contributed by atoms with Crippen molar-refractivity contribution in [3.05, 3.63) is 23.7 Å². The molecule has 0 saturated carbocycles. The lowest BCUT2D eigenvalue weighted by Crippen LogP contribution is -2.31. The Labute approximate surface area is 122 Å². The minimum atomic E-state index is 0.479. The van der Waals surface area contributed by atoms with Crippen molar-refractivity contribution in [2.24, 2.45) is 0 Å². The second-order valence-corrected chi connectivity index (χ2v) is 6.27. The summed E-state index contributed by atoms with van der Waals surface area (Å²) in [5, 5.41) is 0. The van der Waals surface area contributed by atoms with Crippen molar-refractivity contribution >= 4 is 0 Å². The van der Waals surface area contributed by atoms with Crippen LogP contribution >= 0.6 is 0 Å². The molecule has 3 heterocycles. The van der Waals surface area contributed by atoms with E-state index < -0.39 is 0 Å². The van der Waals surface area contributed by atoms with Crippen molar-refractivity contribution in [1.82, 2.24) is 4.90 Å². The highest BCUT2D eigenvalue weighted by molar-refractivity contribution is 5.10. The Balaban J connectivity index is 1.63. The average molecular weight is 277 g/mol. The van der Waals surface area contributed by atoms with Crippen LogP contribution in [0.25, 0.3) is 0 Å². The molecule has 0 aromatic carbocycles. The predicted molar refractivity (Wildman–Crippen MR) is 79.8 cm³/mol. The SMILES string of the molecule is Cc1ccc([C@@H]2CCCCCN2CC[C@@H]2CCCO2)o1. The fourth-order valence-electron chi connectivity index (χ4n) is 3.57. The highest BCUT2D eigenvalue weighted by atomic mass is 16.5. The van der Waals surface area contributed by atoms with E-state index in [9.17, 15) is 0 Å². The van der Waals surface area contributed by atoms with E-state index in [1.165, 1.54) is 51.5 Å². The number of hydrogen-bond acceptors (Lipinski definition) is 3. The molecule has 3 rings (SSSR count). The first-order valence-electron chi connectivity index (χ1n) is 8.25. The fraction of sp³-hybridized carbons (Fsp3) is 0.765. The summed E-state index contributed by atoms with van der Waals surface area (Å²) < 4.78 is 11.7. The quantitative estimate of drug-likeness (QED) is 0.829. The second-order valence-electron chi connectivity index (χ2n) is 6.27. The van der Waals surface area contributed by atoms with Gasteiger partial charge in [-0.15, -0.1) is 0 Å². The Morgan fingerprint density at radius 1 is 1.15 bits per heavy atom. The molecule has 1 aromatic rings. The maximum absolute atomic E-state index is 5.91. The summed E-state index contributed by atoms with van der Waals surface area (Å²) in [6, 6.07) is 4.75. The van der Waals surface area contributed by atoms with E-state index >= 15 is 0 Å². The van der Waals surface area contributed by atoms with Crippen molar-refractivity contribution < 1.29 is 9.15 Å². The number of aryl methyl sites for hydroxylation is 1. The van der Waals surface area contributed by atoms with E-state index in [1.54, 1.807) is 0 Å². The summed E-state index contributed by atoms with van der Waals surface area (Å²) in [6.07, 6.45) is 9.39. The molecule has 3 heteroatoms. The van der Waals surface area contributed by atoms with Crippen LogP contribution in [0.4, 0.5) is 0 Å². The molecular weight excluding hydrogens is 250 g/mol. The van der Waals surface area contributed by atoms with E-state index in [-0.39, 0.29) is 0 Å². The van der Waals surface area contributed by atoms with E-state index in [0.29, 0.717) is 12.1 Å². The molecule has 2 saturated heterocycles. The summed E-state index contributed by atoms with van der Waals surface area (Å²) in [5.74, 6) is 2.19. The van der Waals surface area contributed by atoms with Gasteiger partial charge in [-0.3, -0.25) is 4.90 Å². The second kappa shape index (κ2) is 6.77. The molecule has 20 heavy (non-hydrogen) atoms. The van der Waals surface area contributed by atoms with E-state index in [1.807, 2.05) is 6.92 Å². The van der Waals surface area contributed by atoms with Crippen molar-refractivity contribution in [3.63, 3.8) is 0 Å². The lowest BCUT2D eigenvalue weighted by molar-refractivity contribution is 0.0814. The first-order chi connectivity index (χ1) is 9.83. The van der Waals surface area contributed by atoms with Crippen molar-refractivity contribution in [1.29, 1.82) is 0 Å². The van der Waals surface area contributed by atoms with Crippen LogP contribution in [0.2, 0.25) is 0 Å². The monoisotopic (exact) mass is 277 g/mol. The minimum Gasteiger partial charge on any atom is -0.465 e. The van der Waals surface area contributed by atoms with Crippen LogP contribution in [0, 0.1) is 6.92 Å². The molecule has 2 fully saturated rings. The van der Waals surface area contributed by atoms with Crippen LogP contribution in [0.1, 0.15) is 62.5 Å². The number of likely N-dealkylation sites (tertiary alicyclic amines) is 1. The molecule has 0 bridgehead atoms. The zero-order valence-corrected chi connectivity index (χ0v) is 12.6. The van der Waals surface area contributed by atoms with Gasteiger partial charge in [-0.25, -0.2) is 0 Å². The van der Waals surface area contributed by atoms with Crippen LogP contribution in [0.15, 0.2) is 16.5 Å². The molecule has 0 N–H and O–H groups in total. The molecule has 0 spiro atoms. The maximum atomic E-state index is 5.91. The standard InChI is InChI=1S/C17H27NO2/c1-14-8-9-17(20-14)16-7-3-2-4-11-18(16)12-10-15-6-5-13-19-15/h8-9,15-16H,2-7,10-13H2,1H3/t15-,16-/m0/s1. The van der Waals surface area contributed by atoms with E-state index in [2.05, 4.69) is 17.0 Å². The van der Waals surface area contributed by atoms with Crippen molar-refractivity contribution in [3.8, 4) is 0 Å². The van der Waals surface area contributed by atoms with Gasteiger partial charge in [0.05, 0.1) is 12.1 Å². The summed E-state index contributed by atoms with van der Waals surface area (Å²) in [7, 11) is 0. The molecule has 2 aliphatic heterocycles. The van der Waals surface area contributed by atoms with Gasteiger partial charge in [0.2, 0.25) is 0 Å². The number of ether oxygens (including phenoxy) is 1. The maximum Gasteiger partial charge on any atom is 0.121 e. The summed E-state index contributed by atoms with van der Waals surface area (Å²) in [6.45, 7) is 5.36. The molecule has 2 aliphatic rings.